The zero-order chi connectivity index (χ0) is 19.4. The highest BCUT2D eigenvalue weighted by atomic mass is 79.9. The Kier molecular flexibility index (Phi) is 6.22. The summed E-state index contributed by atoms with van der Waals surface area (Å²) < 4.78 is 3.22. The van der Waals surface area contributed by atoms with Crippen LogP contribution in [-0.4, -0.2) is 14.8 Å². The highest BCUT2D eigenvalue weighted by Gasteiger charge is 2.16. The van der Waals surface area contributed by atoms with Crippen molar-refractivity contribution in [1.29, 1.82) is 0 Å². The molecule has 1 heterocycles. The maximum Gasteiger partial charge on any atom is 0.192 e. The van der Waals surface area contributed by atoms with Crippen LogP contribution in [0.15, 0.2) is 70.8 Å². The lowest BCUT2D eigenvalue weighted by Crippen LogP contribution is -2.10. The highest BCUT2D eigenvalue weighted by Crippen LogP contribution is 2.29. The highest BCUT2D eigenvalue weighted by molar-refractivity contribution is 9.10. The van der Waals surface area contributed by atoms with Gasteiger partial charge in [-0.25, -0.2) is 0 Å². The van der Waals surface area contributed by atoms with Gasteiger partial charge >= 0.3 is 0 Å². The summed E-state index contributed by atoms with van der Waals surface area (Å²) in [5, 5.41) is 9.81. The Morgan fingerprint density at radius 3 is 2.48 bits per heavy atom. The maximum atomic E-state index is 4.46. The molecule has 0 aliphatic carbocycles. The molecule has 0 saturated carbocycles. The lowest BCUT2D eigenvalue weighted by molar-refractivity contribution is 0.590. The Morgan fingerprint density at radius 1 is 1.11 bits per heavy atom. The molecule has 0 unspecified atom stereocenters. The van der Waals surface area contributed by atoms with Gasteiger partial charge in [-0.2, -0.15) is 0 Å². The van der Waals surface area contributed by atoms with Crippen LogP contribution in [0, 0.1) is 0 Å². The van der Waals surface area contributed by atoms with Crippen molar-refractivity contribution in [2.75, 3.05) is 0 Å². The molecule has 0 atom stereocenters. The van der Waals surface area contributed by atoms with Crippen LogP contribution in [0.1, 0.15) is 31.9 Å². The lowest BCUT2D eigenvalue weighted by atomic mass is 9.87. The Balaban J connectivity index is 1.85. The number of nitrogens with zero attached hydrogens (tertiary/aromatic N) is 3. The minimum atomic E-state index is 0.137. The number of thioether (sulfide) groups is 1. The normalized spacial score (nSPS) is 11.6. The van der Waals surface area contributed by atoms with E-state index in [0.717, 1.165) is 26.8 Å². The van der Waals surface area contributed by atoms with E-state index >= 15 is 0 Å². The van der Waals surface area contributed by atoms with Gasteiger partial charge in [-0.3, -0.25) is 4.57 Å². The molecular weight excluding hydrogens is 418 g/mol. The van der Waals surface area contributed by atoms with E-state index in [4.69, 9.17) is 0 Å². The van der Waals surface area contributed by atoms with Crippen LogP contribution < -0.4 is 0 Å². The Morgan fingerprint density at radius 2 is 1.85 bits per heavy atom. The van der Waals surface area contributed by atoms with Crippen LogP contribution in [-0.2, 0) is 17.7 Å². The van der Waals surface area contributed by atoms with Crippen molar-refractivity contribution < 1.29 is 0 Å². The standard InChI is InChI=1S/C22H24BrN3S/c1-5-13-26-20(17-9-11-18(12-10-17)22(2,3)4)24-25-21(26)27-15-16-7-6-8-19(23)14-16/h5-12,14H,1,13,15H2,2-4H3. The van der Waals surface area contributed by atoms with E-state index in [0.29, 0.717) is 6.54 Å². The molecule has 140 valence electrons. The van der Waals surface area contributed by atoms with E-state index < -0.39 is 0 Å². The fourth-order valence-electron chi connectivity index (χ4n) is 2.80. The van der Waals surface area contributed by atoms with Gasteiger partial charge in [0.25, 0.3) is 0 Å². The van der Waals surface area contributed by atoms with Crippen LogP contribution in [0.3, 0.4) is 0 Å². The van der Waals surface area contributed by atoms with Gasteiger partial charge in [0.1, 0.15) is 0 Å². The average Bonchev–Trinajstić information content (AvgIpc) is 3.02. The maximum absolute atomic E-state index is 4.46. The van der Waals surface area contributed by atoms with Gasteiger partial charge in [0.2, 0.25) is 0 Å². The zero-order valence-electron chi connectivity index (χ0n) is 15.9. The van der Waals surface area contributed by atoms with E-state index in [-0.39, 0.29) is 5.41 Å². The fraction of sp³-hybridized carbons (Fsp3) is 0.273. The van der Waals surface area contributed by atoms with Crippen LogP contribution >= 0.6 is 27.7 Å². The predicted molar refractivity (Wildman–Crippen MR) is 118 cm³/mol. The third-order valence-corrected chi connectivity index (χ3v) is 5.83. The first-order chi connectivity index (χ1) is 12.9. The molecule has 0 aliphatic heterocycles. The van der Waals surface area contributed by atoms with Crippen molar-refractivity contribution in [3.8, 4) is 11.4 Å². The Bertz CT molecular complexity index is 923. The van der Waals surface area contributed by atoms with Crippen molar-refractivity contribution in [3.63, 3.8) is 0 Å². The predicted octanol–water partition coefficient (Wildman–Crippen LogP) is 6.48. The van der Waals surface area contributed by atoms with E-state index in [9.17, 15) is 0 Å². The van der Waals surface area contributed by atoms with Gasteiger partial charge in [0.05, 0.1) is 0 Å². The molecule has 2 aromatic carbocycles. The summed E-state index contributed by atoms with van der Waals surface area (Å²) in [4.78, 5) is 0. The number of hydrogen-bond acceptors (Lipinski definition) is 3. The molecule has 3 rings (SSSR count). The molecule has 0 aliphatic rings. The number of allylic oxidation sites excluding steroid dienone is 1. The molecule has 3 nitrogen and oxygen atoms in total. The molecule has 3 aromatic rings. The average molecular weight is 442 g/mol. The van der Waals surface area contributed by atoms with E-state index in [2.05, 4.69) is 101 Å². The monoisotopic (exact) mass is 441 g/mol. The molecule has 0 amide bonds. The van der Waals surface area contributed by atoms with Crippen LogP contribution in [0.4, 0.5) is 0 Å². The van der Waals surface area contributed by atoms with Crippen LogP contribution in [0.5, 0.6) is 0 Å². The summed E-state index contributed by atoms with van der Waals surface area (Å²) in [5.74, 6) is 1.73. The Labute approximate surface area is 174 Å². The van der Waals surface area contributed by atoms with Crippen LogP contribution in [0.2, 0.25) is 0 Å². The van der Waals surface area contributed by atoms with Gasteiger partial charge in [-0.15, -0.1) is 16.8 Å². The first-order valence-corrected chi connectivity index (χ1v) is 10.7. The molecule has 0 radical (unpaired) electrons. The van der Waals surface area contributed by atoms with Crippen molar-refractivity contribution in [2.24, 2.45) is 0 Å². The van der Waals surface area contributed by atoms with Gasteiger partial charge < -0.3 is 0 Å². The molecule has 0 fully saturated rings. The van der Waals surface area contributed by atoms with Crippen LogP contribution in [0.25, 0.3) is 11.4 Å². The zero-order valence-corrected chi connectivity index (χ0v) is 18.3. The number of rotatable bonds is 6. The molecule has 5 heteroatoms. The second-order valence-corrected chi connectivity index (χ2v) is 9.31. The largest absolute Gasteiger partial charge is 0.298 e. The first kappa shape index (κ1) is 19.9. The molecule has 27 heavy (non-hydrogen) atoms. The smallest absolute Gasteiger partial charge is 0.192 e. The van der Waals surface area contributed by atoms with Gasteiger partial charge in [-0.1, -0.05) is 90.9 Å². The SMILES string of the molecule is C=CCn1c(SCc2cccc(Br)c2)nnc1-c1ccc(C(C)(C)C)cc1. The number of hydrogen-bond donors (Lipinski definition) is 0. The quantitative estimate of drug-likeness (QED) is 0.323. The van der Waals surface area contributed by atoms with Gasteiger partial charge in [0.15, 0.2) is 11.0 Å². The molecule has 0 bridgehead atoms. The van der Waals surface area contributed by atoms with Crippen molar-refractivity contribution in [3.05, 3.63) is 76.8 Å². The summed E-state index contributed by atoms with van der Waals surface area (Å²) in [6, 6.07) is 17.0. The third kappa shape index (κ3) is 4.90. The summed E-state index contributed by atoms with van der Waals surface area (Å²) >= 11 is 5.22. The molecule has 0 saturated heterocycles. The third-order valence-electron chi connectivity index (χ3n) is 4.29. The number of aromatic nitrogens is 3. The van der Waals surface area contributed by atoms with Crippen molar-refractivity contribution in [2.45, 2.75) is 43.6 Å². The van der Waals surface area contributed by atoms with Gasteiger partial charge in [0, 0.05) is 22.3 Å². The fourth-order valence-corrected chi connectivity index (χ4v) is 4.13. The Hall–Kier alpha value is -1.85. The molecule has 0 N–H and O–H groups in total. The van der Waals surface area contributed by atoms with E-state index in [1.807, 2.05) is 12.1 Å². The van der Waals surface area contributed by atoms with E-state index in [1.165, 1.54) is 11.1 Å². The second-order valence-electron chi connectivity index (χ2n) is 7.45. The lowest BCUT2D eigenvalue weighted by Gasteiger charge is -2.19. The second kappa shape index (κ2) is 8.44. The van der Waals surface area contributed by atoms with E-state index in [1.54, 1.807) is 11.8 Å². The summed E-state index contributed by atoms with van der Waals surface area (Å²) in [6.07, 6.45) is 1.89. The minimum absolute atomic E-state index is 0.137. The van der Waals surface area contributed by atoms with Crippen molar-refractivity contribution >= 4 is 27.7 Å². The first-order valence-electron chi connectivity index (χ1n) is 8.91. The molecular formula is C22H24BrN3S. The summed E-state index contributed by atoms with van der Waals surface area (Å²) in [6.45, 7) is 11.2. The molecule has 0 spiro atoms. The van der Waals surface area contributed by atoms with Gasteiger partial charge in [-0.05, 0) is 28.7 Å². The molecule has 1 aromatic heterocycles. The summed E-state index contributed by atoms with van der Waals surface area (Å²) in [7, 11) is 0. The summed E-state index contributed by atoms with van der Waals surface area (Å²) in [5.41, 5.74) is 3.77. The number of halogens is 1. The topological polar surface area (TPSA) is 30.7 Å². The number of benzene rings is 2. The minimum Gasteiger partial charge on any atom is -0.298 e. The van der Waals surface area contributed by atoms with Crippen molar-refractivity contribution in [1.82, 2.24) is 14.8 Å².